The Kier molecular flexibility index (Phi) is 2.48. The van der Waals surface area contributed by atoms with Crippen molar-refractivity contribution in [1.29, 1.82) is 0 Å². The van der Waals surface area contributed by atoms with Crippen LogP contribution in [0.1, 0.15) is 154 Å². The van der Waals surface area contributed by atoms with E-state index in [4.69, 9.17) is 64.4 Å². The number of hydrogen-bond acceptors (Lipinski definition) is 6. The van der Waals surface area contributed by atoms with Crippen molar-refractivity contribution >= 4 is 0 Å². The van der Waals surface area contributed by atoms with Gasteiger partial charge in [0.25, 0.3) is 0 Å². The molecule has 6 heteroatoms. The standard InChI is InChI=1S/2C17H27NO2/c2*1-18(2)13-16(17(19)11-5-4-6-12-17)14-7-9-15(20-3)10-8-14/h2*7-10,16,19H,4-6,11-13H2,1-3H3/i1D3,2D3,3D3,4D2,5D2,6D2,7D,8D,9D,10D,11D2,12D2,13D2,16D;1D3,3D3,4D2,5D2,6D2,7D,8D,9D,10D,11D2,12D2,13D2,16D. The minimum atomic E-state index is -5.24. The van der Waals surface area contributed by atoms with Crippen molar-refractivity contribution in [3.8, 4) is 11.5 Å². The molecule has 2 atom stereocenters. The van der Waals surface area contributed by atoms with Gasteiger partial charge in [-0.2, -0.15) is 0 Å². The molecule has 0 amide bonds. The molecule has 0 aliphatic heterocycles. The molecule has 0 saturated heterocycles. The number of rotatable bonds is 10. The molecule has 2 aliphatic carbocycles. The Balaban J connectivity index is 0.000000466. The lowest BCUT2D eigenvalue weighted by Crippen LogP contribution is -2.42. The van der Waals surface area contributed by atoms with Crippen LogP contribution in [0.4, 0.5) is 0 Å². The van der Waals surface area contributed by atoms with Crippen molar-refractivity contribution in [2.75, 3.05) is 55.0 Å². The molecular formula is C34H54N2O4. The summed E-state index contributed by atoms with van der Waals surface area (Å²) in [6.07, 6.45) is -45.3. The summed E-state index contributed by atoms with van der Waals surface area (Å²) < 4.78 is 407. The molecule has 2 aliphatic rings. The van der Waals surface area contributed by atoms with E-state index in [1.54, 1.807) is 0 Å². The average Bonchev–Trinajstić information content (AvgIpc) is 0.649. The predicted octanol–water partition coefficient (Wildman–Crippen LogP) is 6.07. The SMILES string of the molecule is [2H]c1c([2H])c(C([2H])(C([2H])([2H])N(C([2H])([2H])[2H])C([2H])([2H])[2H])C2(O)C([2H])([2H])C([2H])([2H])C([2H])([2H])C([2H])([2H])C2([2H])[2H])c([2H])c([2H])c1OC([2H])([2H])[2H].[2H]c1c([2H])c(C([2H])(C([2H])([2H])N(C)C([2H])([2H])[2H])C2(O)C([2H])([2H])C([2H])([2H])C([2H])([2H])C([2H])([2H])C2([2H])[2H])c([2H])c([2H])c1OC([2H])([2H])[2H]. The highest BCUT2D eigenvalue weighted by atomic mass is 16.5. The fourth-order valence-electron chi connectivity index (χ4n) is 2.73. The molecule has 2 N–H and O–H groups in total. The van der Waals surface area contributed by atoms with Crippen molar-refractivity contribution in [2.45, 2.75) is 86.7 Å². The maximum absolute atomic E-state index is 12.2. The van der Waals surface area contributed by atoms with Gasteiger partial charge in [0.05, 0.1) is 44.5 Å². The first-order valence-electron chi connectivity index (χ1n) is 34.8. The molecule has 2 aromatic rings. The molecule has 0 radical (unpaired) electrons. The Labute approximate surface area is 312 Å². The van der Waals surface area contributed by atoms with Gasteiger partial charge >= 0.3 is 0 Å². The molecule has 2 aromatic carbocycles. The quantitative estimate of drug-likeness (QED) is 0.344. The Morgan fingerprint density at radius 1 is 0.750 bits per heavy atom. The van der Waals surface area contributed by atoms with Gasteiger partial charge in [0.15, 0.2) is 0 Å². The minimum Gasteiger partial charge on any atom is -0.497 e. The third-order valence-corrected chi connectivity index (χ3v) is 4.36. The van der Waals surface area contributed by atoms with E-state index < -0.39 is 211 Å². The molecule has 40 heavy (non-hydrogen) atoms. The summed E-state index contributed by atoms with van der Waals surface area (Å²) in [4.78, 5) is -1.58. The molecule has 0 aromatic heterocycles. The normalized spacial score (nSPS) is 54.3. The zero-order valence-corrected chi connectivity index (χ0v) is 20.1. The van der Waals surface area contributed by atoms with E-state index in [1.165, 1.54) is 0 Å². The molecule has 224 valence electrons. The second kappa shape index (κ2) is 15.2. The zero-order chi connectivity index (χ0) is 72.0. The molecule has 0 spiro atoms. The highest BCUT2D eigenvalue weighted by molar-refractivity contribution is 5.32. The van der Waals surface area contributed by atoms with Crippen LogP contribution in [0, 0.1) is 0 Å². The average molecular weight is 604 g/mol. The van der Waals surface area contributed by atoms with Gasteiger partial charge in [-0.15, -0.1) is 0 Å². The van der Waals surface area contributed by atoms with Crippen LogP contribution in [0.15, 0.2) is 48.3 Å². The summed E-state index contributed by atoms with van der Waals surface area (Å²) in [6, 6.07) is -13.5. The van der Waals surface area contributed by atoms with E-state index in [0.29, 0.717) is 7.05 Å². The van der Waals surface area contributed by atoms with Crippen molar-refractivity contribution in [3.05, 3.63) is 59.5 Å². The third-order valence-electron chi connectivity index (χ3n) is 4.36. The second-order valence-corrected chi connectivity index (χ2v) is 7.15. The van der Waals surface area contributed by atoms with Gasteiger partial charge in [-0.05, 0) is 88.8 Å². The Hall–Kier alpha value is -2.12. The van der Waals surface area contributed by atoms with E-state index in [1.807, 2.05) is 0 Å². The van der Waals surface area contributed by atoms with Gasteiger partial charge < -0.3 is 29.5 Å². The molecule has 2 unspecified atom stereocenters. The molecule has 4 rings (SSSR count). The van der Waals surface area contributed by atoms with Crippen molar-refractivity contribution in [3.63, 3.8) is 0 Å². The van der Waals surface area contributed by atoms with Crippen LogP contribution in [0.25, 0.3) is 0 Å². The van der Waals surface area contributed by atoms with Crippen LogP contribution >= 0.6 is 0 Å². The van der Waals surface area contributed by atoms with Gasteiger partial charge in [-0.25, -0.2) is 0 Å². The Morgan fingerprint density at radius 3 is 1.48 bits per heavy atom. The van der Waals surface area contributed by atoms with Crippen molar-refractivity contribution < 1.29 is 86.9 Å². The second-order valence-electron chi connectivity index (χ2n) is 7.15. The number of aliphatic hydroxyl groups is 2. The molecular weight excluding hydrogens is 500 g/mol. The fraction of sp³-hybridized carbons (Fsp3) is 0.647. The van der Waals surface area contributed by atoms with Gasteiger partial charge in [0, 0.05) is 72.8 Å². The van der Waals surface area contributed by atoms with Crippen molar-refractivity contribution in [2.24, 2.45) is 0 Å². The number of ether oxygens (including phenoxy) is 2. The number of benzene rings is 2. The zero-order valence-electron chi connectivity index (χ0n) is 69.1. The lowest BCUT2D eigenvalue weighted by atomic mass is 9.72. The van der Waals surface area contributed by atoms with Crippen molar-refractivity contribution in [1.82, 2.24) is 9.80 Å². The summed E-state index contributed by atoms with van der Waals surface area (Å²) in [5, 5.41) is 24.3. The van der Waals surface area contributed by atoms with Crippen LogP contribution in [-0.4, -0.2) is 86.3 Å². The molecule has 2 saturated carbocycles. The highest BCUT2D eigenvalue weighted by Gasteiger charge is 2.40. The first kappa shape index (κ1) is 6.52. The summed E-state index contributed by atoms with van der Waals surface area (Å²) in [5.74, 6) is -12.5. The summed E-state index contributed by atoms with van der Waals surface area (Å²) >= 11 is 0. The van der Waals surface area contributed by atoms with Crippen LogP contribution in [0.2, 0.25) is 0 Å². The van der Waals surface area contributed by atoms with Gasteiger partial charge in [0.2, 0.25) is 0 Å². The Morgan fingerprint density at radius 2 is 1.12 bits per heavy atom. The first-order valence-corrected chi connectivity index (χ1v) is 10.3. The smallest absolute Gasteiger partial charge is 0.118 e. The topological polar surface area (TPSA) is 65.4 Å². The maximum Gasteiger partial charge on any atom is 0.118 e. The summed E-state index contributed by atoms with van der Waals surface area (Å²) in [5.41, 5.74) is -14.1. The lowest BCUT2D eigenvalue weighted by Gasteiger charge is -2.40. The summed E-state index contributed by atoms with van der Waals surface area (Å²) in [7, 11) is -6.53. The van der Waals surface area contributed by atoms with Crippen LogP contribution in [0.5, 0.6) is 11.5 Å². The number of hydrogen-bond donors (Lipinski definition) is 2. The van der Waals surface area contributed by atoms with E-state index in [0.717, 1.165) is 0 Å². The predicted molar refractivity (Wildman–Crippen MR) is 165 cm³/mol. The maximum atomic E-state index is 12.2. The van der Waals surface area contributed by atoms with Gasteiger partial charge in [0.1, 0.15) is 11.5 Å². The van der Waals surface area contributed by atoms with Crippen LogP contribution < -0.4 is 9.47 Å². The molecule has 0 bridgehead atoms. The number of likely N-dealkylation sites (N-methyl/N-ethyl adjacent to an activating group) is 2. The van der Waals surface area contributed by atoms with E-state index in [9.17, 15) is 13.0 Å². The molecule has 6 nitrogen and oxygen atoms in total. The van der Waals surface area contributed by atoms with Gasteiger partial charge in [-0.3, -0.25) is 0 Å². The van der Waals surface area contributed by atoms with E-state index >= 15 is 0 Å². The Bertz CT molecular complexity index is 2920. The number of nitrogens with zero attached hydrogens (tertiary/aromatic N) is 2. The first-order chi connectivity index (χ1) is 38.2. The van der Waals surface area contributed by atoms with Gasteiger partial charge in [-0.1, -0.05) is 62.4 Å². The molecule has 0 heterocycles. The monoisotopic (exact) mass is 604 g/mol. The minimum absolute atomic E-state index is 0.384. The van der Waals surface area contributed by atoms with Crippen LogP contribution in [0.3, 0.4) is 0 Å². The number of methoxy groups -OCH3 is 2. The van der Waals surface area contributed by atoms with Crippen LogP contribution in [-0.2, 0) is 0 Å². The lowest BCUT2D eigenvalue weighted by molar-refractivity contribution is -0.0280. The highest BCUT2D eigenvalue weighted by Crippen LogP contribution is 2.41. The van der Waals surface area contributed by atoms with E-state index in [-0.39, 0.29) is 4.90 Å². The largest absolute Gasteiger partial charge is 0.497 e. The van der Waals surface area contributed by atoms with E-state index in [2.05, 4.69) is 9.47 Å². The third kappa shape index (κ3) is 8.94. The molecule has 2 fully saturated rings. The fourth-order valence-corrected chi connectivity index (χ4v) is 2.73. The summed E-state index contributed by atoms with van der Waals surface area (Å²) in [6.45, 7) is -21.5.